The molecule has 2 rings (SSSR count). The van der Waals surface area contributed by atoms with E-state index in [2.05, 4.69) is 30.7 Å². The zero-order chi connectivity index (χ0) is 15.3. The Morgan fingerprint density at radius 3 is 2.57 bits per heavy atom. The fraction of sp³-hybridized carbons (Fsp3) is 1.00. The van der Waals surface area contributed by atoms with E-state index in [9.17, 15) is 0 Å². The first-order chi connectivity index (χ1) is 10.1. The molecule has 0 spiro atoms. The summed E-state index contributed by atoms with van der Waals surface area (Å²) in [6.45, 7) is 10.5. The van der Waals surface area contributed by atoms with Crippen LogP contribution in [0, 0.1) is 5.92 Å². The van der Waals surface area contributed by atoms with E-state index in [-0.39, 0.29) is 5.54 Å². The molecule has 124 valence electrons. The van der Waals surface area contributed by atoms with Crippen LogP contribution in [0.2, 0.25) is 0 Å². The van der Waals surface area contributed by atoms with Gasteiger partial charge in [0.15, 0.2) is 0 Å². The quantitative estimate of drug-likeness (QED) is 0.813. The van der Waals surface area contributed by atoms with Gasteiger partial charge in [0.05, 0.1) is 12.7 Å². The Morgan fingerprint density at radius 2 is 2.00 bits per heavy atom. The van der Waals surface area contributed by atoms with Crippen LogP contribution in [-0.2, 0) is 4.74 Å². The van der Waals surface area contributed by atoms with Crippen LogP contribution < -0.4 is 5.73 Å². The Balaban J connectivity index is 1.89. The van der Waals surface area contributed by atoms with Crippen LogP contribution in [-0.4, -0.2) is 67.8 Å². The van der Waals surface area contributed by atoms with Gasteiger partial charge in [-0.05, 0) is 45.2 Å². The van der Waals surface area contributed by atoms with Gasteiger partial charge in [-0.25, -0.2) is 0 Å². The van der Waals surface area contributed by atoms with Gasteiger partial charge >= 0.3 is 0 Å². The Hall–Kier alpha value is -0.160. The highest BCUT2D eigenvalue weighted by atomic mass is 16.5. The molecule has 1 heterocycles. The Bertz CT molecular complexity index is 302. The van der Waals surface area contributed by atoms with Gasteiger partial charge < -0.3 is 10.5 Å². The van der Waals surface area contributed by atoms with Crippen molar-refractivity contribution in [2.24, 2.45) is 11.7 Å². The molecule has 1 saturated heterocycles. The second kappa shape index (κ2) is 7.91. The summed E-state index contributed by atoms with van der Waals surface area (Å²) in [6, 6.07) is 0. The number of hydrogen-bond donors (Lipinski definition) is 1. The lowest BCUT2D eigenvalue weighted by Crippen LogP contribution is -2.57. The third-order valence-corrected chi connectivity index (χ3v) is 5.95. The average molecular weight is 297 g/mol. The minimum atomic E-state index is 0.212. The molecule has 21 heavy (non-hydrogen) atoms. The lowest BCUT2D eigenvalue weighted by Gasteiger charge is -2.47. The van der Waals surface area contributed by atoms with Crippen LogP contribution in [0.3, 0.4) is 0 Å². The Kier molecular flexibility index (Phi) is 6.48. The SMILES string of the molecule is CCC1CCC(CN)(N(C)CC2CN(CC)CCO2)CC1. The second-order valence-electron chi connectivity index (χ2n) is 7.05. The fourth-order valence-corrected chi connectivity index (χ4v) is 4.04. The molecule has 0 radical (unpaired) electrons. The zero-order valence-corrected chi connectivity index (χ0v) is 14.3. The second-order valence-corrected chi connectivity index (χ2v) is 7.05. The summed E-state index contributed by atoms with van der Waals surface area (Å²) in [7, 11) is 2.26. The van der Waals surface area contributed by atoms with Gasteiger partial charge in [-0.2, -0.15) is 0 Å². The maximum atomic E-state index is 6.19. The lowest BCUT2D eigenvalue weighted by atomic mass is 9.74. The monoisotopic (exact) mass is 297 g/mol. The molecular weight excluding hydrogens is 262 g/mol. The summed E-state index contributed by atoms with van der Waals surface area (Å²) in [5.74, 6) is 0.916. The number of hydrogen-bond acceptors (Lipinski definition) is 4. The topological polar surface area (TPSA) is 41.7 Å². The standard InChI is InChI=1S/C17H35N3O/c1-4-15-6-8-17(14-18,9-7-15)19(3)12-16-13-20(5-2)10-11-21-16/h15-16H,4-14,18H2,1-3H3. The first-order valence-electron chi connectivity index (χ1n) is 8.88. The molecule has 0 amide bonds. The van der Waals surface area contributed by atoms with E-state index < -0.39 is 0 Å². The number of morpholine rings is 1. The van der Waals surface area contributed by atoms with Crippen molar-refractivity contribution in [3.8, 4) is 0 Å². The molecule has 0 aromatic rings. The summed E-state index contributed by atoms with van der Waals surface area (Å²) in [4.78, 5) is 5.01. The third-order valence-electron chi connectivity index (χ3n) is 5.95. The molecule has 4 nitrogen and oxygen atoms in total. The van der Waals surface area contributed by atoms with Crippen molar-refractivity contribution in [3.05, 3.63) is 0 Å². The first-order valence-corrected chi connectivity index (χ1v) is 8.88. The fourth-order valence-electron chi connectivity index (χ4n) is 4.04. The van der Waals surface area contributed by atoms with Crippen LogP contribution >= 0.6 is 0 Å². The van der Waals surface area contributed by atoms with Crippen molar-refractivity contribution in [3.63, 3.8) is 0 Å². The molecule has 1 saturated carbocycles. The largest absolute Gasteiger partial charge is 0.374 e. The van der Waals surface area contributed by atoms with E-state index in [0.29, 0.717) is 6.10 Å². The van der Waals surface area contributed by atoms with E-state index in [1.54, 1.807) is 0 Å². The molecular formula is C17H35N3O. The summed E-state index contributed by atoms with van der Waals surface area (Å²) < 4.78 is 5.98. The maximum absolute atomic E-state index is 6.19. The number of nitrogens with two attached hydrogens (primary N) is 1. The van der Waals surface area contributed by atoms with Crippen molar-refractivity contribution >= 4 is 0 Å². The molecule has 4 heteroatoms. The van der Waals surface area contributed by atoms with Gasteiger partial charge in [-0.15, -0.1) is 0 Å². The highest BCUT2D eigenvalue weighted by Gasteiger charge is 2.38. The Morgan fingerprint density at radius 1 is 1.29 bits per heavy atom. The van der Waals surface area contributed by atoms with E-state index in [0.717, 1.165) is 45.2 Å². The molecule has 0 aromatic heterocycles. The van der Waals surface area contributed by atoms with Gasteiger partial charge in [-0.1, -0.05) is 20.3 Å². The summed E-state index contributed by atoms with van der Waals surface area (Å²) in [6.07, 6.45) is 6.85. The highest BCUT2D eigenvalue weighted by Crippen LogP contribution is 2.36. The molecule has 2 fully saturated rings. The summed E-state index contributed by atoms with van der Waals surface area (Å²) >= 11 is 0. The van der Waals surface area contributed by atoms with E-state index in [1.807, 2.05) is 0 Å². The minimum Gasteiger partial charge on any atom is -0.374 e. The predicted octanol–water partition coefficient (Wildman–Crippen LogP) is 1.94. The summed E-state index contributed by atoms with van der Waals surface area (Å²) in [5, 5.41) is 0. The van der Waals surface area contributed by atoms with Gasteiger partial charge in [-0.3, -0.25) is 9.80 Å². The van der Waals surface area contributed by atoms with E-state index in [1.165, 1.54) is 32.1 Å². The van der Waals surface area contributed by atoms with Gasteiger partial charge in [0.1, 0.15) is 0 Å². The van der Waals surface area contributed by atoms with Crippen LogP contribution in [0.1, 0.15) is 46.0 Å². The smallest absolute Gasteiger partial charge is 0.0829 e. The van der Waals surface area contributed by atoms with Gasteiger partial charge in [0, 0.05) is 31.7 Å². The normalized spacial score (nSPS) is 35.3. The third kappa shape index (κ3) is 4.19. The van der Waals surface area contributed by atoms with Crippen LogP contribution in [0.15, 0.2) is 0 Å². The molecule has 1 atom stereocenters. The molecule has 0 bridgehead atoms. The van der Waals surface area contributed by atoms with Crippen molar-refractivity contribution in [2.75, 3.05) is 46.4 Å². The lowest BCUT2D eigenvalue weighted by molar-refractivity contribution is -0.0589. The van der Waals surface area contributed by atoms with Crippen molar-refractivity contribution in [2.45, 2.75) is 57.6 Å². The minimum absolute atomic E-state index is 0.212. The first kappa shape index (κ1) is 17.2. The van der Waals surface area contributed by atoms with Crippen molar-refractivity contribution in [1.82, 2.24) is 9.80 Å². The maximum Gasteiger partial charge on any atom is 0.0829 e. The van der Waals surface area contributed by atoms with Crippen molar-refractivity contribution < 1.29 is 4.74 Å². The molecule has 1 unspecified atom stereocenters. The van der Waals surface area contributed by atoms with Gasteiger partial charge in [0.25, 0.3) is 0 Å². The zero-order valence-electron chi connectivity index (χ0n) is 14.3. The van der Waals surface area contributed by atoms with E-state index in [4.69, 9.17) is 10.5 Å². The molecule has 2 aliphatic rings. The Labute approximate surface area is 131 Å². The van der Waals surface area contributed by atoms with Crippen LogP contribution in [0.5, 0.6) is 0 Å². The van der Waals surface area contributed by atoms with Crippen LogP contribution in [0.4, 0.5) is 0 Å². The number of nitrogens with zero attached hydrogens (tertiary/aromatic N) is 2. The predicted molar refractivity (Wildman–Crippen MR) is 88.5 cm³/mol. The number of rotatable bonds is 6. The summed E-state index contributed by atoms with van der Waals surface area (Å²) in [5.41, 5.74) is 6.40. The molecule has 2 N–H and O–H groups in total. The number of ether oxygens (including phenoxy) is 1. The number of likely N-dealkylation sites (N-methyl/N-ethyl adjacent to an activating group) is 2. The van der Waals surface area contributed by atoms with Crippen LogP contribution in [0.25, 0.3) is 0 Å². The van der Waals surface area contributed by atoms with Gasteiger partial charge in [0.2, 0.25) is 0 Å². The highest BCUT2D eigenvalue weighted by molar-refractivity contribution is 4.95. The molecule has 0 aromatic carbocycles. The molecule has 1 aliphatic heterocycles. The van der Waals surface area contributed by atoms with E-state index >= 15 is 0 Å². The van der Waals surface area contributed by atoms with Crippen molar-refractivity contribution in [1.29, 1.82) is 0 Å². The molecule has 1 aliphatic carbocycles. The average Bonchev–Trinajstić information content (AvgIpc) is 2.55.